The largest absolute Gasteiger partial charge is 0.444 e. The van der Waals surface area contributed by atoms with E-state index in [4.69, 9.17) is 14.9 Å². The number of aromatic nitrogens is 4. The maximum Gasteiger partial charge on any atom is 0.410 e. The summed E-state index contributed by atoms with van der Waals surface area (Å²) in [6, 6.07) is 1.24. The Kier molecular flexibility index (Phi) is 6.73. The van der Waals surface area contributed by atoms with E-state index in [9.17, 15) is 18.8 Å². The van der Waals surface area contributed by atoms with Crippen molar-refractivity contribution in [1.29, 1.82) is 0 Å². The Morgan fingerprint density at radius 2 is 1.97 bits per heavy atom. The van der Waals surface area contributed by atoms with Gasteiger partial charge in [0.1, 0.15) is 11.9 Å². The number of carbonyl (C=O) groups excluding carboxylic acids is 3. The number of halogens is 1. The van der Waals surface area contributed by atoms with Crippen molar-refractivity contribution < 1.29 is 27.9 Å². The normalized spacial score (nSPS) is 14.5. The van der Waals surface area contributed by atoms with Crippen molar-refractivity contribution in [3.05, 3.63) is 48.1 Å². The molecule has 4 heterocycles. The molecule has 0 spiro atoms. The van der Waals surface area contributed by atoms with Gasteiger partial charge in [0.15, 0.2) is 17.2 Å². The highest BCUT2D eigenvalue weighted by Gasteiger charge is 2.29. The summed E-state index contributed by atoms with van der Waals surface area (Å²) in [5.74, 6) is -2.26. The van der Waals surface area contributed by atoms with E-state index >= 15 is 0 Å². The molecule has 13 heteroatoms. The van der Waals surface area contributed by atoms with Crippen LogP contribution < -0.4 is 11.1 Å². The third-order valence-corrected chi connectivity index (χ3v) is 5.44. The average Bonchev–Trinajstić information content (AvgIpc) is 3.46. The fourth-order valence-corrected chi connectivity index (χ4v) is 3.73. The minimum absolute atomic E-state index is 0.0485. The summed E-state index contributed by atoms with van der Waals surface area (Å²) in [6.45, 7) is 6.31. The molecule has 0 aliphatic carbocycles. The van der Waals surface area contributed by atoms with Crippen molar-refractivity contribution in [1.82, 2.24) is 24.6 Å². The number of nitrogens with one attached hydrogen (secondary N) is 1. The van der Waals surface area contributed by atoms with Gasteiger partial charge in [0.2, 0.25) is 5.89 Å². The Bertz CT molecular complexity index is 1290. The molecule has 3 N–H and O–H groups in total. The first-order chi connectivity index (χ1) is 17.0. The molecule has 0 bridgehead atoms. The van der Waals surface area contributed by atoms with E-state index in [1.807, 2.05) is 0 Å². The number of anilines is 1. The molecule has 3 aromatic rings. The number of nitrogens with zero attached hydrogens (tertiary/aromatic N) is 5. The van der Waals surface area contributed by atoms with Crippen LogP contribution in [0, 0.1) is 5.82 Å². The van der Waals surface area contributed by atoms with Gasteiger partial charge in [-0.3, -0.25) is 19.3 Å². The van der Waals surface area contributed by atoms with E-state index in [1.165, 1.54) is 18.5 Å². The molecule has 3 amide bonds. The first-order valence-corrected chi connectivity index (χ1v) is 11.3. The van der Waals surface area contributed by atoms with Crippen LogP contribution >= 0.6 is 0 Å². The van der Waals surface area contributed by atoms with Crippen LogP contribution in [-0.2, 0) is 4.74 Å². The van der Waals surface area contributed by atoms with Crippen molar-refractivity contribution in [2.45, 2.75) is 45.3 Å². The smallest absolute Gasteiger partial charge is 0.410 e. The van der Waals surface area contributed by atoms with Crippen molar-refractivity contribution in [2.24, 2.45) is 5.73 Å². The highest BCUT2D eigenvalue weighted by molar-refractivity contribution is 6.07. The molecule has 1 fully saturated rings. The van der Waals surface area contributed by atoms with Gasteiger partial charge >= 0.3 is 6.09 Å². The molecule has 0 aromatic carbocycles. The van der Waals surface area contributed by atoms with Gasteiger partial charge in [-0.1, -0.05) is 0 Å². The summed E-state index contributed by atoms with van der Waals surface area (Å²) in [7, 11) is 0. The molecule has 0 saturated carbocycles. The molecule has 36 heavy (non-hydrogen) atoms. The van der Waals surface area contributed by atoms with Crippen molar-refractivity contribution in [2.75, 3.05) is 18.4 Å². The molecule has 1 aliphatic rings. The van der Waals surface area contributed by atoms with Gasteiger partial charge < -0.3 is 25.1 Å². The summed E-state index contributed by atoms with van der Waals surface area (Å²) >= 11 is 0. The molecule has 12 nitrogen and oxygen atoms in total. The Balaban J connectivity index is 1.45. The van der Waals surface area contributed by atoms with Crippen molar-refractivity contribution in [3.8, 4) is 11.5 Å². The van der Waals surface area contributed by atoms with Crippen LogP contribution in [0.1, 0.15) is 60.6 Å². The number of rotatable bonds is 5. The maximum absolute atomic E-state index is 13.9. The Hall–Kier alpha value is -4.29. The number of hydrogen-bond acceptors (Lipinski definition) is 8. The number of oxazole rings is 1. The zero-order chi connectivity index (χ0) is 26.0. The van der Waals surface area contributed by atoms with Crippen LogP contribution in [0.4, 0.5) is 14.9 Å². The Morgan fingerprint density at radius 1 is 1.25 bits per heavy atom. The second-order valence-corrected chi connectivity index (χ2v) is 9.28. The lowest BCUT2D eigenvalue weighted by Gasteiger charge is -2.33. The fourth-order valence-electron chi connectivity index (χ4n) is 3.73. The second-order valence-electron chi connectivity index (χ2n) is 9.28. The minimum Gasteiger partial charge on any atom is -0.444 e. The highest BCUT2D eigenvalue weighted by atomic mass is 19.1. The number of primary amides is 1. The molecule has 4 rings (SSSR count). The molecular formula is C23H26FN7O5. The number of carbonyl (C=O) groups is 3. The Labute approximate surface area is 205 Å². The predicted molar refractivity (Wildman–Crippen MR) is 124 cm³/mol. The van der Waals surface area contributed by atoms with Crippen LogP contribution in [0.5, 0.6) is 0 Å². The maximum atomic E-state index is 13.9. The van der Waals surface area contributed by atoms with E-state index in [2.05, 4.69) is 20.4 Å². The van der Waals surface area contributed by atoms with Crippen LogP contribution in [0.25, 0.3) is 11.5 Å². The quantitative estimate of drug-likeness (QED) is 0.542. The van der Waals surface area contributed by atoms with Crippen LogP contribution in [0.15, 0.2) is 35.3 Å². The van der Waals surface area contributed by atoms with Crippen LogP contribution in [0.3, 0.4) is 0 Å². The first kappa shape index (κ1) is 24.8. The van der Waals surface area contributed by atoms with Crippen molar-refractivity contribution >= 4 is 23.6 Å². The lowest BCUT2D eigenvalue weighted by atomic mass is 10.1. The summed E-state index contributed by atoms with van der Waals surface area (Å²) in [5.41, 5.74) is 4.78. The van der Waals surface area contributed by atoms with E-state index in [1.54, 1.807) is 30.4 Å². The van der Waals surface area contributed by atoms with Gasteiger partial charge in [-0.25, -0.2) is 14.2 Å². The number of amides is 3. The molecule has 0 unspecified atom stereocenters. The standard InChI is InChI=1S/C23H26FN7O5/c1-23(2,3)36-22(34)30-8-5-13(6-9-30)31-11-16(18(29-31)19(25)32)27-20(33)17-12-35-21(28-17)14-4-7-26-10-15(14)24/h4,7,10-13H,5-6,8-9H2,1-3H3,(H2,25,32)(H,27,33). The first-order valence-electron chi connectivity index (χ1n) is 11.3. The molecule has 1 aliphatic heterocycles. The van der Waals surface area contributed by atoms with Crippen LogP contribution in [0.2, 0.25) is 0 Å². The molecule has 0 atom stereocenters. The van der Waals surface area contributed by atoms with E-state index in [-0.39, 0.29) is 40.7 Å². The van der Waals surface area contributed by atoms with Gasteiger partial charge in [0.05, 0.1) is 23.5 Å². The molecular weight excluding hydrogens is 473 g/mol. The summed E-state index contributed by atoms with van der Waals surface area (Å²) in [4.78, 5) is 46.3. The monoisotopic (exact) mass is 499 g/mol. The summed E-state index contributed by atoms with van der Waals surface area (Å²) in [5, 5.41) is 6.83. The highest BCUT2D eigenvalue weighted by Crippen LogP contribution is 2.27. The lowest BCUT2D eigenvalue weighted by molar-refractivity contribution is 0.0184. The van der Waals surface area contributed by atoms with E-state index in [0.717, 1.165) is 12.5 Å². The van der Waals surface area contributed by atoms with Gasteiger partial charge in [-0.2, -0.15) is 5.10 Å². The molecule has 0 radical (unpaired) electrons. The number of pyridine rings is 1. The molecule has 1 saturated heterocycles. The van der Waals surface area contributed by atoms with Gasteiger partial charge in [-0.05, 0) is 39.7 Å². The second kappa shape index (κ2) is 9.76. The van der Waals surface area contributed by atoms with E-state index in [0.29, 0.717) is 25.9 Å². The zero-order valence-electron chi connectivity index (χ0n) is 20.0. The topological polar surface area (TPSA) is 158 Å². The zero-order valence-corrected chi connectivity index (χ0v) is 20.0. The van der Waals surface area contributed by atoms with Gasteiger partial charge in [0.25, 0.3) is 11.8 Å². The summed E-state index contributed by atoms with van der Waals surface area (Å²) < 4.78 is 26.1. The third kappa shape index (κ3) is 5.50. The number of piperidine rings is 1. The van der Waals surface area contributed by atoms with E-state index < -0.39 is 23.2 Å². The predicted octanol–water partition coefficient (Wildman–Crippen LogP) is 3.00. The molecule has 3 aromatic heterocycles. The van der Waals surface area contributed by atoms with Gasteiger partial charge in [0, 0.05) is 25.5 Å². The third-order valence-electron chi connectivity index (χ3n) is 5.44. The van der Waals surface area contributed by atoms with Gasteiger partial charge in [-0.15, -0.1) is 0 Å². The number of ether oxygens (including phenoxy) is 1. The fraction of sp³-hybridized carbons (Fsp3) is 0.391. The SMILES string of the molecule is CC(C)(C)OC(=O)N1CCC(n2cc(NC(=O)c3coc(-c4ccncc4F)n3)c(C(N)=O)n2)CC1. The Morgan fingerprint density at radius 3 is 2.61 bits per heavy atom. The average molecular weight is 500 g/mol. The number of likely N-dealkylation sites (tertiary alicyclic amines) is 1. The summed E-state index contributed by atoms with van der Waals surface area (Å²) in [6.07, 6.45) is 5.71. The number of nitrogens with two attached hydrogens (primary N) is 1. The van der Waals surface area contributed by atoms with Crippen molar-refractivity contribution in [3.63, 3.8) is 0 Å². The minimum atomic E-state index is -0.824. The number of hydrogen-bond donors (Lipinski definition) is 2. The van der Waals surface area contributed by atoms with Crippen LogP contribution in [-0.4, -0.2) is 61.2 Å². The lowest BCUT2D eigenvalue weighted by Crippen LogP contribution is -2.42. The molecule has 190 valence electrons.